The van der Waals surface area contributed by atoms with E-state index in [0.29, 0.717) is 54.5 Å². The number of carbonyl (C=O) groups is 4. The first-order valence-electron chi connectivity index (χ1n) is 13.7. The Labute approximate surface area is 278 Å². The zero-order valence-corrected chi connectivity index (χ0v) is 25.9. The quantitative estimate of drug-likeness (QED) is 0.103. The van der Waals surface area contributed by atoms with Crippen LogP contribution in [0.1, 0.15) is 41.4 Å². The first kappa shape index (κ1) is 27.5. The second kappa shape index (κ2) is 9.34. The van der Waals surface area contributed by atoms with Gasteiger partial charge in [0.05, 0.1) is 33.6 Å². The highest BCUT2D eigenvalue weighted by Crippen LogP contribution is 2.54. The number of benzene rings is 5. The fourth-order valence-corrected chi connectivity index (χ4v) is 8.11. The summed E-state index contributed by atoms with van der Waals surface area (Å²) in [5.41, 5.74) is 1.42. The number of halogens is 4. The summed E-state index contributed by atoms with van der Waals surface area (Å²) < 4.78 is 0. The zero-order chi connectivity index (χ0) is 31.8. The lowest BCUT2D eigenvalue weighted by molar-refractivity contribution is 0.0877. The summed E-state index contributed by atoms with van der Waals surface area (Å²) in [5, 5.41) is 3.81. The smallest absolute Gasteiger partial charge is 0.266 e. The van der Waals surface area contributed by atoms with E-state index in [2.05, 4.69) is 9.97 Å². The molecule has 0 bridgehead atoms. The third-order valence-electron chi connectivity index (χ3n) is 8.69. The Kier molecular flexibility index (Phi) is 5.57. The van der Waals surface area contributed by atoms with Crippen LogP contribution in [0.25, 0.3) is 43.1 Å². The SMILES string of the molecule is O=C1c2cc(Cl)c3c4c(Cl)cc5c6c(cc(Cl)c(c7c(Cl)cc(c2c37)C(=O)N1c1ccncc1)c64)C(=O)N(c1ccncc1)C5=O. The first-order chi connectivity index (χ1) is 22.2. The van der Waals surface area contributed by atoms with E-state index in [1.165, 1.54) is 49.1 Å². The molecule has 0 fully saturated rings. The van der Waals surface area contributed by atoms with Crippen LogP contribution in [-0.4, -0.2) is 33.6 Å². The van der Waals surface area contributed by atoms with Crippen molar-refractivity contribution in [2.75, 3.05) is 9.80 Å². The Balaban J connectivity index is 1.45. The maximum atomic E-state index is 14.0. The van der Waals surface area contributed by atoms with Crippen LogP contribution in [0.3, 0.4) is 0 Å². The molecule has 4 heterocycles. The predicted molar refractivity (Wildman–Crippen MR) is 178 cm³/mol. The Morgan fingerprint density at radius 2 is 0.652 bits per heavy atom. The van der Waals surface area contributed by atoms with Crippen molar-refractivity contribution in [3.05, 3.63) is 116 Å². The maximum Gasteiger partial charge on any atom is 0.266 e. The lowest BCUT2D eigenvalue weighted by atomic mass is 9.82. The number of imide groups is 2. The molecule has 220 valence electrons. The van der Waals surface area contributed by atoms with Gasteiger partial charge in [-0.15, -0.1) is 0 Å². The van der Waals surface area contributed by atoms with Crippen LogP contribution < -0.4 is 9.80 Å². The van der Waals surface area contributed by atoms with Gasteiger partial charge in [0.1, 0.15) is 0 Å². The van der Waals surface area contributed by atoms with Gasteiger partial charge in [-0.25, -0.2) is 9.80 Å². The average molecular weight is 682 g/mol. The molecular formula is C34H12Cl4N4O4. The number of rotatable bonds is 2. The van der Waals surface area contributed by atoms with Crippen LogP contribution in [0.2, 0.25) is 20.1 Å². The van der Waals surface area contributed by atoms with E-state index in [1.54, 1.807) is 24.3 Å². The van der Waals surface area contributed by atoms with Crippen LogP contribution in [0, 0.1) is 0 Å². The van der Waals surface area contributed by atoms with E-state index in [1.807, 2.05) is 0 Å². The van der Waals surface area contributed by atoms with Crippen LogP contribution in [0.4, 0.5) is 11.4 Å². The number of carbonyl (C=O) groups excluding carboxylic acids is 4. The largest absolute Gasteiger partial charge is 0.268 e. The minimum atomic E-state index is -0.578. The van der Waals surface area contributed by atoms with Crippen LogP contribution >= 0.6 is 46.4 Å². The Morgan fingerprint density at radius 3 is 0.913 bits per heavy atom. The molecule has 2 aromatic heterocycles. The van der Waals surface area contributed by atoms with Gasteiger partial charge >= 0.3 is 0 Å². The molecule has 0 saturated heterocycles. The number of hydrogen-bond acceptors (Lipinski definition) is 6. The maximum absolute atomic E-state index is 14.0. The predicted octanol–water partition coefficient (Wildman–Crippen LogP) is 8.74. The van der Waals surface area contributed by atoms with E-state index < -0.39 is 23.6 Å². The van der Waals surface area contributed by atoms with Gasteiger partial charge in [0, 0.05) is 88.0 Å². The van der Waals surface area contributed by atoms with Crippen molar-refractivity contribution in [3.63, 3.8) is 0 Å². The molecule has 0 unspecified atom stereocenters. The minimum Gasteiger partial charge on any atom is -0.268 e. The molecule has 0 spiro atoms. The topological polar surface area (TPSA) is 101 Å². The van der Waals surface area contributed by atoms with Gasteiger partial charge in [-0.05, 0) is 48.5 Å². The third-order valence-corrected chi connectivity index (χ3v) is 9.89. The number of anilines is 2. The van der Waals surface area contributed by atoms with Crippen molar-refractivity contribution in [1.82, 2.24) is 9.97 Å². The summed E-state index contributed by atoms with van der Waals surface area (Å²) in [6.07, 6.45) is 5.93. The second-order valence-electron chi connectivity index (χ2n) is 10.9. The third kappa shape index (κ3) is 3.31. The van der Waals surface area contributed by atoms with Crippen molar-refractivity contribution >= 4 is 124 Å². The summed E-state index contributed by atoms with van der Waals surface area (Å²) in [4.78, 5) is 65.9. The fourth-order valence-electron chi connectivity index (χ4n) is 6.91. The molecule has 0 aliphatic carbocycles. The van der Waals surface area contributed by atoms with Crippen LogP contribution in [0.5, 0.6) is 0 Å². The summed E-state index contributed by atoms with van der Waals surface area (Å²) >= 11 is 28.1. The summed E-state index contributed by atoms with van der Waals surface area (Å²) in [7, 11) is 0. The molecule has 4 amide bonds. The molecule has 7 aromatic rings. The monoisotopic (exact) mass is 680 g/mol. The van der Waals surface area contributed by atoms with Crippen molar-refractivity contribution < 1.29 is 19.2 Å². The van der Waals surface area contributed by atoms with Crippen LogP contribution in [0.15, 0.2) is 73.3 Å². The van der Waals surface area contributed by atoms with Gasteiger partial charge in [-0.1, -0.05) is 46.4 Å². The number of aromatic nitrogens is 2. The van der Waals surface area contributed by atoms with Crippen molar-refractivity contribution in [3.8, 4) is 0 Å². The number of amides is 4. The standard InChI is InChI=1S/C34H12Cl4N4O4/c35-19-9-15-23-16(32(44)41(31(15)43)13-1-5-39-6-2-13)10-20(36)26-28-22(38)12-18-24-17(11-21(37)27(30(24)28)25(19)29(23)26)33(45)42(34(18)46)14-3-7-40-8-4-14/h1-12H. The highest BCUT2D eigenvalue weighted by atomic mass is 35.5. The van der Waals surface area contributed by atoms with E-state index in [4.69, 9.17) is 46.4 Å². The minimum absolute atomic E-state index is 0.158. The average Bonchev–Trinajstić information content (AvgIpc) is 3.05. The molecule has 0 radical (unpaired) electrons. The van der Waals surface area contributed by atoms with Gasteiger partial charge in [0.2, 0.25) is 0 Å². The van der Waals surface area contributed by atoms with Gasteiger partial charge in [0.15, 0.2) is 0 Å². The van der Waals surface area contributed by atoms with Gasteiger partial charge < -0.3 is 0 Å². The number of hydrogen-bond donors (Lipinski definition) is 0. The van der Waals surface area contributed by atoms with E-state index >= 15 is 0 Å². The number of fused-ring (bicyclic) bond motifs is 2. The van der Waals surface area contributed by atoms with Gasteiger partial charge in [-0.2, -0.15) is 0 Å². The molecule has 46 heavy (non-hydrogen) atoms. The number of nitrogens with zero attached hydrogens (tertiary/aromatic N) is 4. The van der Waals surface area contributed by atoms with Crippen molar-refractivity contribution in [2.24, 2.45) is 0 Å². The highest BCUT2D eigenvalue weighted by molar-refractivity contribution is 6.57. The van der Waals surface area contributed by atoms with E-state index in [0.717, 1.165) is 9.80 Å². The van der Waals surface area contributed by atoms with Crippen LogP contribution in [-0.2, 0) is 0 Å². The molecule has 9 rings (SSSR count). The lowest BCUT2D eigenvalue weighted by Crippen LogP contribution is -2.40. The number of pyridine rings is 2. The zero-order valence-electron chi connectivity index (χ0n) is 22.9. The normalized spacial score (nSPS) is 14.6. The Bertz CT molecular complexity index is 2300. The van der Waals surface area contributed by atoms with E-state index in [-0.39, 0.29) is 42.3 Å². The summed E-state index contributed by atoms with van der Waals surface area (Å²) in [6.45, 7) is 0. The molecular weight excluding hydrogens is 670 g/mol. The first-order valence-corrected chi connectivity index (χ1v) is 15.3. The molecule has 0 saturated carbocycles. The molecule has 2 aliphatic heterocycles. The fraction of sp³-hybridized carbons (Fsp3) is 0. The van der Waals surface area contributed by atoms with Gasteiger partial charge in [0.25, 0.3) is 23.6 Å². The van der Waals surface area contributed by atoms with Crippen molar-refractivity contribution in [2.45, 2.75) is 0 Å². The van der Waals surface area contributed by atoms with Crippen molar-refractivity contribution in [1.29, 1.82) is 0 Å². The molecule has 12 heteroatoms. The van der Waals surface area contributed by atoms with E-state index in [9.17, 15) is 19.2 Å². The lowest BCUT2D eigenvalue weighted by Gasteiger charge is -2.31. The summed E-state index contributed by atoms with van der Waals surface area (Å²) in [5.74, 6) is -2.31. The highest BCUT2D eigenvalue weighted by Gasteiger charge is 2.40. The molecule has 0 atom stereocenters. The summed E-state index contributed by atoms with van der Waals surface area (Å²) in [6, 6.07) is 12.2. The molecule has 8 nitrogen and oxygen atoms in total. The second-order valence-corrected chi connectivity index (χ2v) is 12.6. The molecule has 5 aromatic carbocycles. The Hall–Kier alpha value is -4.86. The molecule has 2 aliphatic rings. The Morgan fingerprint density at radius 1 is 0.391 bits per heavy atom. The van der Waals surface area contributed by atoms with Gasteiger partial charge in [-0.3, -0.25) is 29.1 Å². The molecule has 0 N–H and O–H groups in total.